The second-order valence-electron chi connectivity index (χ2n) is 8.69. The zero-order valence-corrected chi connectivity index (χ0v) is 20.3. The number of carboxylic acids is 1. The van der Waals surface area contributed by atoms with Crippen LogP contribution in [-0.2, 0) is 4.79 Å². The van der Waals surface area contributed by atoms with Crippen molar-refractivity contribution in [1.29, 1.82) is 0 Å². The molecule has 0 atom stereocenters. The van der Waals surface area contributed by atoms with Gasteiger partial charge in [0.15, 0.2) is 0 Å². The highest BCUT2D eigenvalue weighted by molar-refractivity contribution is 7.21. The molecule has 34 heavy (non-hydrogen) atoms. The highest BCUT2D eigenvalue weighted by Gasteiger charge is 2.24. The zero-order valence-electron chi connectivity index (χ0n) is 18.7. The van der Waals surface area contributed by atoms with E-state index in [1.54, 1.807) is 0 Å². The van der Waals surface area contributed by atoms with Crippen LogP contribution < -0.4 is 10.6 Å². The van der Waals surface area contributed by atoms with Gasteiger partial charge in [0.05, 0.1) is 5.02 Å². The summed E-state index contributed by atoms with van der Waals surface area (Å²) < 4.78 is 0.961. The van der Waals surface area contributed by atoms with Crippen LogP contribution in [0.25, 0.3) is 10.1 Å². The van der Waals surface area contributed by atoms with E-state index in [1.165, 1.54) is 16.9 Å². The van der Waals surface area contributed by atoms with Gasteiger partial charge in [-0.2, -0.15) is 0 Å². The van der Waals surface area contributed by atoms with E-state index in [1.807, 2.05) is 48.5 Å². The summed E-state index contributed by atoms with van der Waals surface area (Å²) in [6, 6.07) is 15.2. The number of nitrogens with one attached hydrogen (secondary N) is 2. The molecule has 6 nitrogen and oxygen atoms in total. The second kappa shape index (κ2) is 11.0. The smallest absolute Gasteiger partial charge is 0.303 e. The first-order chi connectivity index (χ1) is 16.4. The molecule has 0 bridgehead atoms. The van der Waals surface area contributed by atoms with Crippen LogP contribution in [0.5, 0.6) is 0 Å². The summed E-state index contributed by atoms with van der Waals surface area (Å²) in [5.41, 5.74) is 1.76. The van der Waals surface area contributed by atoms with Gasteiger partial charge in [-0.05, 0) is 61.3 Å². The molecule has 1 aliphatic carbocycles. The fraction of sp³-hybridized carbons (Fsp3) is 0.346. The van der Waals surface area contributed by atoms with Crippen LogP contribution in [0.15, 0.2) is 48.5 Å². The number of carbonyl (C=O) groups excluding carboxylic acids is 2. The molecule has 3 aromatic rings. The third kappa shape index (κ3) is 5.77. The molecule has 0 unspecified atom stereocenters. The van der Waals surface area contributed by atoms with E-state index in [2.05, 4.69) is 10.6 Å². The molecule has 2 amide bonds. The van der Waals surface area contributed by atoms with Gasteiger partial charge < -0.3 is 15.7 Å². The topological polar surface area (TPSA) is 95.5 Å². The Morgan fingerprint density at radius 3 is 2.21 bits per heavy atom. The molecule has 1 fully saturated rings. The Bertz CT molecular complexity index is 1180. The van der Waals surface area contributed by atoms with Gasteiger partial charge in [-0.15, -0.1) is 11.3 Å². The minimum absolute atomic E-state index is 0.189. The number of carboxylic acid groups (broad SMARTS) is 1. The van der Waals surface area contributed by atoms with Crippen LogP contribution in [0.4, 0.5) is 0 Å². The van der Waals surface area contributed by atoms with Crippen molar-refractivity contribution in [3.8, 4) is 0 Å². The van der Waals surface area contributed by atoms with Gasteiger partial charge in [-0.25, -0.2) is 0 Å². The number of rotatable bonds is 8. The van der Waals surface area contributed by atoms with Crippen molar-refractivity contribution >= 4 is 50.8 Å². The lowest BCUT2D eigenvalue weighted by Gasteiger charge is -2.28. The lowest BCUT2D eigenvalue weighted by Crippen LogP contribution is -2.34. The minimum Gasteiger partial charge on any atom is -0.481 e. The molecule has 1 aliphatic rings. The van der Waals surface area contributed by atoms with Gasteiger partial charge in [0.25, 0.3) is 11.8 Å². The normalized spacial score (nSPS) is 17.9. The van der Waals surface area contributed by atoms with Crippen molar-refractivity contribution in [2.45, 2.75) is 38.0 Å². The SMILES string of the molecule is O=C(O)CC1CCC(c2ccc(C(=O)NCCNC(=O)c3sc4ccccc4c3Cl)cc2)CC1. The third-order valence-electron chi connectivity index (χ3n) is 6.39. The van der Waals surface area contributed by atoms with Crippen LogP contribution in [0, 0.1) is 5.92 Å². The van der Waals surface area contributed by atoms with Crippen molar-refractivity contribution in [2.75, 3.05) is 13.1 Å². The van der Waals surface area contributed by atoms with E-state index in [0.717, 1.165) is 35.8 Å². The fourth-order valence-electron chi connectivity index (χ4n) is 4.55. The number of hydrogen-bond acceptors (Lipinski definition) is 4. The van der Waals surface area contributed by atoms with Gasteiger partial charge in [0, 0.05) is 35.2 Å². The van der Waals surface area contributed by atoms with Crippen molar-refractivity contribution in [2.24, 2.45) is 5.92 Å². The Balaban J connectivity index is 1.22. The monoisotopic (exact) mass is 498 g/mol. The Labute approximate surface area is 207 Å². The van der Waals surface area contributed by atoms with Crippen LogP contribution >= 0.6 is 22.9 Å². The first kappa shape index (κ1) is 24.2. The first-order valence-corrected chi connectivity index (χ1v) is 12.7. The molecule has 3 N–H and O–H groups in total. The predicted octanol–water partition coefficient (Wildman–Crippen LogP) is 5.46. The Kier molecular flexibility index (Phi) is 7.85. The Hall–Kier alpha value is -2.90. The Morgan fingerprint density at radius 1 is 0.912 bits per heavy atom. The number of carbonyl (C=O) groups is 3. The molecular weight excluding hydrogens is 472 g/mol. The molecule has 0 spiro atoms. The number of fused-ring (bicyclic) bond motifs is 1. The lowest BCUT2D eigenvalue weighted by molar-refractivity contribution is -0.138. The summed E-state index contributed by atoms with van der Waals surface area (Å²) in [4.78, 5) is 36.3. The van der Waals surface area contributed by atoms with Gasteiger partial charge >= 0.3 is 5.97 Å². The number of thiophene rings is 1. The van der Waals surface area contributed by atoms with Crippen molar-refractivity contribution in [3.63, 3.8) is 0 Å². The maximum Gasteiger partial charge on any atom is 0.303 e. The standard InChI is InChI=1S/C26H27ClN2O4S/c27-23-20-3-1-2-4-21(20)34-24(23)26(33)29-14-13-28-25(32)19-11-9-18(10-12-19)17-7-5-16(6-8-17)15-22(30)31/h1-4,9-12,16-17H,5-8,13-15H2,(H,28,32)(H,29,33)(H,30,31). The van der Waals surface area contributed by atoms with Crippen LogP contribution in [0.1, 0.15) is 63.6 Å². The summed E-state index contributed by atoms with van der Waals surface area (Å²) in [5.74, 6) is -0.469. The number of hydrogen-bond donors (Lipinski definition) is 3. The minimum atomic E-state index is -0.720. The van der Waals surface area contributed by atoms with Crippen molar-refractivity contribution in [3.05, 3.63) is 69.6 Å². The van der Waals surface area contributed by atoms with E-state index < -0.39 is 5.97 Å². The third-order valence-corrected chi connectivity index (χ3v) is 8.07. The average molecular weight is 499 g/mol. The van der Waals surface area contributed by atoms with E-state index >= 15 is 0 Å². The molecular formula is C26H27ClN2O4S. The molecule has 1 aromatic heterocycles. The maximum absolute atomic E-state index is 12.5. The molecule has 0 saturated heterocycles. The van der Waals surface area contributed by atoms with E-state index in [-0.39, 0.29) is 24.2 Å². The van der Waals surface area contributed by atoms with E-state index in [4.69, 9.17) is 16.7 Å². The van der Waals surface area contributed by atoms with E-state index in [9.17, 15) is 14.4 Å². The van der Waals surface area contributed by atoms with Crippen molar-refractivity contribution < 1.29 is 19.5 Å². The molecule has 178 valence electrons. The largest absolute Gasteiger partial charge is 0.481 e. The average Bonchev–Trinajstić information content (AvgIpc) is 3.18. The van der Waals surface area contributed by atoms with Crippen LogP contribution in [0.2, 0.25) is 5.02 Å². The molecule has 0 radical (unpaired) electrons. The van der Waals surface area contributed by atoms with Crippen molar-refractivity contribution in [1.82, 2.24) is 10.6 Å². The lowest BCUT2D eigenvalue weighted by atomic mass is 9.77. The number of aliphatic carboxylic acids is 1. The number of halogens is 1. The predicted molar refractivity (Wildman–Crippen MR) is 135 cm³/mol. The highest BCUT2D eigenvalue weighted by atomic mass is 35.5. The fourth-order valence-corrected chi connectivity index (χ4v) is 5.98. The highest BCUT2D eigenvalue weighted by Crippen LogP contribution is 2.37. The molecule has 1 saturated carbocycles. The van der Waals surface area contributed by atoms with E-state index in [0.29, 0.717) is 34.5 Å². The van der Waals surface area contributed by atoms with Gasteiger partial charge in [0.1, 0.15) is 4.88 Å². The van der Waals surface area contributed by atoms with Gasteiger partial charge in [0.2, 0.25) is 0 Å². The number of benzene rings is 2. The first-order valence-electron chi connectivity index (χ1n) is 11.5. The summed E-state index contributed by atoms with van der Waals surface area (Å²) in [5, 5.41) is 15.9. The summed E-state index contributed by atoms with van der Waals surface area (Å²) in [7, 11) is 0. The number of amides is 2. The summed E-state index contributed by atoms with van der Waals surface area (Å²) in [6.07, 6.45) is 4.07. The summed E-state index contributed by atoms with van der Waals surface area (Å²) >= 11 is 7.70. The maximum atomic E-state index is 12.5. The zero-order chi connectivity index (χ0) is 24.1. The van der Waals surface area contributed by atoms with Gasteiger partial charge in [-0.3, -0.25) is 14.4 Å². The quantitative estimate of drug-likeness (QED) is 0.359. The van der Waals surface area contributed by atoms with Gasteiger partial charge in [-0.1, -0.05) is 41.9 Å². The summed E-state index contributed by atoms with van der Waals surface area (Å²) in [6.45, 7) is 0.606. The molecule has 8 heteroatoms. The second-order valence-corrected chi connectivity index (χ2v) is 10.1. The van der Waals surface area contributed by atoms with Crippen LogP contribution in [-0.4, -0.2) is 36.0 Å². The molecule has 2 aromatic carbocycles. The van der Waals surface area contributed by atoms with Crippen LogP contribution in [0.3, 0.4) is 0 Å². The molecule has 0 aliphatic heterocycles. The Morgan fingerprint density at radius 2 is 1.56 bits per heavy atom. The molecule has 4 rings (SSSR count). The molecule has 1 heterocycles.